The first-order chi connectivity index (χ1) is 6.73. The van der Waals surface area contributed by atoms with Crippen LogP contribution in [0, 0.1) is 0 Å². The molecule has 0 spiro atoms. The molecule has 90 valence electrons. The molecule has 4 nitrogen and oxygen atoms in total. The molecule has 0 radical (unpaired) electrons. The number of rotatable bonds is 5. The summed E-state index contributed by atoms with van der Waals surface area (Å²) in [6, 6.07) is 0. The normalized spacial score (nSPS) is 26.3. The number of nitrogens with zero attached hydrogens (tertiary/aromatic N) is 1. The first kappa shape index (κ1) is 16.4. The van der Waals surface area contributed by atoms with E-state index < -0.39 is 7.67 Å². The first-order valence-electron chi connectivity index (χ1n) is 4.60. The maximum Gasteiger partial charge on any atom is 0.343 e. The maximum absolute atomic E-state index is 12.2. The van der Waals surface area contributed by atoms with Crippen molar-refractivity contribution in [1.29, 1.82) is 0 Å². The second kappa shape index (κ2) is 8.47. The van der Waals surface area contributed by atoms with Gasteiger partial charge in [0, 0.05) is 52.5 Å². The minimum atomic E-state index is -2.84. The van der Waals surface area contributed by atoms with Crippen LogP contribution in [-0.4, -0.2) is 42.7 Å². The van der Waals surface area contributed by atoms with Crippen LogP contribution in [-0.2, 0) is 30.2 Å². The number of hydrogen-bond donors (Lipinski definition) is 1. The van der Waals surface area contributed by atoms with Crippen molar-refractivity contribution in [2.75, 3.05) is 38.0 Å². The molecule has 0 aromatic rings. The molecule has 0 saturated carbocycles. The van der Waals surface area contributed by atoms with Crippen LogP contribution in [0.1, 0.15) is 6.42 Å². The van der Waals surface area contributed by atoms with Crippen LogP contribution in [0.3, 0.4) is 0 Å². The summed E-state index contributed by atoms with van der Waals surface area (Å²) in [6.07, 6.45) is 0.888. The Balaban J connectivity index is 0.00000196. The molecule has 15 heavy (non-hydrogen) atoms. The Morgan fingerprint density at radius 2 is 1.93 bits per heavy atom. The largest absolute Gasteiger partial charge is 0.343 e. The van der Waals surface area contributed by atoms with Gasteiger partial charge in [0.25, 0.3) is 0 Å². The van der Waals surface area contributed by atoms with Crippen molar-refractivity contribution in [1.82, 2.24) is 9.76 Å². The zero-order valence-electron chi connectivity index (χ0n) is 8.32. The summed E-state index contributed by atoms with van der Waals surface area (Å²) in [4.78, 5) is 0. The molecule has 0 aromatic carbocycles. The summed E-state index contributed by atoms with van der Waals surface area (Å²) < 4.78 is 19.2. The fourth-order valence-electron chi connectivity index (χ4n) is 1.28. The monoisotopic (exact) mass is 444 g/mol. The fourth-order valence-corrected chi connectivity index (χ4v) is 3.92. The molecule has 1 rings (SSSR count). The molecule has 0 amide bonds. The summed E-state index contributed by atoms with van der Waals surface area (Å²) in [5.41, 5.74) is 0. The van der Waals surface area contributed by atoms with E-state index >= 15 is 0 Å². The summed E-state index contributed by atoms with van der Waals surface area (Å²) in [5, 5.41) is 2.91. The molecule has 0 aromatic heterocycles. The van der Waals surface area contributed by atoms with Crippen LogP contribution in [0.2, 0.25) is 0 Å². The van der Waals surface area contributed by atoms with Gasteiger partial charge in [0.2, 0.25) is 0 Å². The Kier molecular flexibility index (Phi) is 9.24. The Bertz CT molecular complexity index is 207. The van der Waals surface area contributed by atoms with Crippen molar-refractivity contribution in [3.8, 4) is 0 Å². The molecule has 0 aliphatic carbocycles. The van der Waals surface area contributed by atoms with Gasteiger partial charge in [-0.1, -0.05) is 0 Å². The Labute approximate surface area is 115 Å². The van der Waals surface area contributed by atoms with Crippen molar-refractivity contribution in [3.05, 3.63) is 0 Å². The van der Waals surface area contributed by atoms with Gasteiger partial charge in [-0.15, -0.1) is 23.2 Å². The molecule has 1 N–H and O–H groups in total. The van der Waals surface area contributed by atoms with Crippen molar-refractivity contribution >= 4 is 30.9 Å². The smallest absolute Gasteiger partial charge is 0.306 e. The molecular formula is C7H15Cl2N2O2PW. The molecule has 1 aliphatic rings. The Morgan fingerprint density at radius 3 is 2.33 bits per heavy atom. The molecule has 1 saturated heterocycles. The van der Waals surface area contributed by atoms with Gasteiger partial charge in [-0.3, -0.25) is 4.57 Å². The van der Waals surface area contributed by atoms with Crippen molar-refractivity contribution in [2.24, 2.45) is 0 Å². The van der Waals surface area contributed by atoms with E-state index in [-0.39, 0.29) is 21.1 Å². The molecule has 1 aliphatic heterocycles. The van der Waals surface area contributed by atoms with E-state index in [0.717, 1.165) is 13.0 Å². The van der Waals surface area contributed by atoms with E-state index in [9.17, 15) is 4.57 Å². The van der Waals surface area contributed by atoms with Gasteiger partial charge < -0.3 is 4.52 Å². The molecule has 8 heteroatoms. The molecular weight excluding hydrogens is 430 g/mol. The average Bonchev–Trinajstić information content (AvgIpc) is 2.19. The third-order valence-corrected chi connectivity index (χ3v) is 4.60. The quantitative estimate of drug-likeness (QED) is 0.519. The zero-order chi connectivity index (χ0) is 10.4. The molecule has 1 heterocycles. The van der Waals surface area contributed by atoms with Gasteiger partial charge in [0.1, 0.15) is 0 Å². The predicted molar refractivity (Wildman–Crippen MR) is 59.2 cm³/mol. The van der Waals surface area contributed by atoms with Crippen LogP contribution >= 0.6 is 30.9 Å². The summed E-state index contributed by atoms with van der Waals surface area (Å²) in [6.45, 7) is 2.31. The summed E-state index contributed by atoms with van der Waals surface area (Å²) >= 11 is 11.2. The molecule has 0 bridgehead atoms. The van der Waals surface area contributed by atoms with Gasteiger partial charge in [0.05, 0.1) is 6.61 Å². The third-order valence-electron chi connectivity index (χ3n) is 1.96. The molecule has 1 atom stereocenters. The average molecular weight is 445 g/mol. The van der Waals surface area contributed by atoms with Crippen LogP contribution in [0.25, 0.3) is 0 Å². The minimum absolute atomic E-state index is 0. The van der Waals surface area contributed by atoms with E-state index in [1.807, 2.05) is 0 Å². The Hall–Kier alpha value is 1.38. The summed E-state index contributed by atoms with van der Waals surface area (Å²) in [5.74, 6) is 0.845. The maximum atomic E-state index is 12.2. The minimum Gasteiger partial charge on any atom is -0.306 e. The third kappa shape index (κ3) is 5.04. The van der Waals surface area contributed by atoms with Gasteiger partial charge in [-0.2, -0.15) is 0 Å². The number of hydrogen-bond acceptors (Lipinski definition) is 2. The van der Waals surface area contributed by atoms with Crippen LogP contribution in [0.5, 0.6) is 0 Å². The van der Waals surface area contributed by atoms with Crippen molar-refractivity contribution in [2.45, 2.75) is 6.42 Å². The van der Waals surface area contributed by atoms with Crippen LogP contribution in [0.4, 0.5) is 0 Å². The first-order valence-corrected chi connectivity index (χ1v) is 7.24. The number of alkyl halides is 2. The van der Waals surface area contributed by atoms with Crippen molar-refractivity contribution in [3.63, 3.8) is 0 Å². The topological polar surface area (TPSA) is 41.6 Å². The van der Waals surface area contributed by atoms with Crippen LogP contribution < -0.4 is 5.09 Å². The molecule has 1 fully saturated rings. The van der Waals surface area contributed by atoms with Gasteiger partial charge in [-0.05, 0) is 6.42 Å². The number of halogens is 2. The number of nitrogens with one attached hydrogen (secondary N) is 1. The summed E-state index contributed by atoms with van der Waals surface area (Å²) in [7, 11) is -2.84. The second-order valence-corrected chi connectivity index (χ2v) is 5.88. The van der Waals surface area contributed by atoms with E-state index in [0.29, 0.717) is 31.5 Å². The van der Waals surface area contributed by atoms with E-state index in [4.69, 9.17) is 27.7 Å². The van der Waals surface area contributed by atoms with Crippen molar-refractivity contribution < 1.29 is 30.2 Å². The van der Waals surface area contributed by atoms with Gasteiger partial charge in [0.15, 0.2) is 0 Å². The standard InChI is InChI=1S/C7H15Cl2N2O2P.W/c8-2-5-11(6-3-9)14(12)10-4-1-7-13-14;/h1-7H2,(H,10,12);. The SMILES string of the molecule is O=P1(N(CCCl)CCCl)NCCCO1.[W]. The van der Waals surface area contributed by atoms with E-state index in [1.165, 1.54) is 0 Å². The fraction of sp³-hybridized carbons (Fsp3) is 1.00. The van der Waals surface area contributed by atoms with Gasteiger partial charge in [-0.25, -0.2) is 9.76 Å². The predicted octanol–water partition coefficient (Wildman–Crippen LogP) is 1.88. The zero-order valence-corrected chi connectivity index (χ0v) is 13.7. The molecule has 1 unspecified atom stereocenters. The second-order valence-electron chi connectivity index (χ2n) is 2.95. The van der Waals surface area contributed by atoms with Crippen LogP contribution in [0.15, 0.2) is 0 Å². The van der Waals surface area contributed by atoms with E-state index in [2.05, 4.69) is 5.09 Å². The van der Waals surface area contributed by atoms with E-state index in [1.54, 1.807) is 4.67 Å². The van der Waals surface area contributed by atoms with Gasteiger partial charge >= 0.3 is 7.67 Å². The Morgan fingerprint density at radius 1 is 1.33 bits per heavy atom.